The summed E-state index contributed by atoms with van der Waals surface area (Å²) in [7, 11) is 1.66. The zero-order valence-corrected chi connectivity index (χ0v) is 11.0. The summed E-state index contributed by atoms with van der Waals surface area (Å²) in [5.41, 5.74) is 2.63. The molecule has 0 amide bonds. The van der Waals surface area contributed by atoms with E-state index < -0.39 is 0 Å². The van der Waals surface area contributed by atoms with Gasteiger partial charge in [0, 0.05) is 17.6 Å². The molecule has 0 spiro atoms. The Bertz CT molecular complexity index is 555. The van der Waals surface area contributed by atoms with Crippen molar-refractivity contribution in [2.75, 3.05) is 7.11 Å². The Morgan fingerprint density at radius 1 is 1.06 bits per heavy atom. The van der Waals surface area contributed by atoms with Crippen LogP contribution in [0, 0.1) is 0 Å². The second-order valence-corrected chi connectivity index (χ2v) is 4.30. The minimum Gasteiger partial charge on any atom is -0.380 e. The Kier molecular flexibility index (Phi) is 4.50. The van der Waals surface area contributed by atoms with E-state index >= 15 is 0 Å². The van der Waals surface area contributed by atoms with E-state index in [4.69, 9.17) is 4.74 Å². The Morgan fingerprint density at radius 2 is 1.89 bits per heavy atom. The largest absolute Gasteiger partial charge is 0.380 e. The molecule has 3 nitrogen and oxygen atoms in total. The lowest BCUT2D eigenvalue weighted by Crippen LogP contribution is -1.86. The highest BCUT2D eigenvalue weighted by molar-refractivity contribution is 7.80. The van der Waals surface area contributed by atoms with Crippen LogP contribution in [0.15, 0.2) is 63.7 Å². The van der Waals surface area contributed by atoms with Crippen LogP contribution in [-0.2, 0) is 11.3 Å². The van der Waals surface area contributed by atoms with Gasteiger partial charge in [0.2, 0.25) is 0 Å². The molecule has 0 unspecified atom stereocenters. The van der Waals surface area contributed by atoms with E-state index in [-0.39, 0.29) is 0 Å². The van der Waals surface area contributed by atoms with Gasteiger partial charge in [-0.3, -0.25) is 0 Å². The van der Waals surface area contributed by atoms with Crippen molar-refractivity contribution in [2.24, 2.45) is 10.2 Å². The molecule has 0 atom stereocenters. The molecule has 92 valence electrons. The molecule has 0 aromatic heterocycles. The second-order valence-electron chi connectivity index (χ2n) is 3.78. The van der Waals surface area contributed by atoms with Crippen molar-refractivity contribution in [1.29, 1.82) is 0 Å². The standard InChI is InChI=1S/C14H14N2OS/c1-17-10-11-5-2-3-8-14(11)16-15-12-6-4-7-13(18)9-12/h2-9,18H,10H2,1H3. The van der Waals surface area contributed by atoms with E-state index in [0.717, 1.165) is 21.8 Å². The zero-order chi connectivity index (χ0) is 12.8. The van der Waals surface area contributed by atoms with Crippen molar-refractivity contribution < 1.29 is 4.74 Å². The minimum atomic E-state index is 0.530. The van der Waals surface area contributed by atoms with Gasteiger partial charge in [0.1, 0.15) is 0 Å². The Hall–Kier alpha value is -1.65. The van der Waals surface area contributed by atoms with Crippen molar-refractivity contribution >= 4 is 24.0 Å². The average molecular weight is 258 g/mol. The predicted molar refractivity (Wildman–Crippen MR) is 75.0 cm³/mol. The molecule has 0 heterocycles. The molecule has 0 N–H and O–H groups in total. The number of ether oxygens (including phenoxy) is 1. The summed E-state index contributed by atoms with van der Waals surface area (Å²) in [6, 6.07) is 15.4. The number of hydrogen-bond acceptors (Lipinski definition) is 4. The third kappa shape index (κ3) is 3.42. The third-order valence-electron chi connectivity index (χ3n) is 2.39. The fourth-order valence-corrected chi connectivity index (χ4v) is 1.77. The topological polar surface area (TPSA) is 34.0 Å². The molecule has 18 heavy (non-hydrogen) atoms. The van der Waals surface area contributed by atoms with Gasteiger partial charge in [0.15, 0.2) is 0 Å². The number of methoxy groups -OCH3 is 1. The number of nitrogens with zero attached hydrogens (tertiary/aromatic N) is 2. The van der Waals surface area contributed by atoms with Crippen molar-refractivity contribution in [3.63, 3.8) is 0 Å². The number of benzene rings is 2. The lowest BCUT2D eigenvalue weighted by molar-refractivity contribution is 0.185. The van der Waals surface area contributed by atoms with Crippen LogP contribution in [-0.4, -0.2) is 7.11 Å². The van der Waals surface area contributed by atoms with Gasteiger partial charge in [-0.1, -0.05) is 24.3 Å². The smallest absolute Gasteiger partial charge is 0.0912 e. The monoisotopic (exact) mass is 258 g/mol. The molecule has 2 aromatic carbocycles. The van der Waals surface area contributed by atoms with E-state index in [0.29, 0.717) is 6.61 Å². The summed E-state index contributed by atoms with van der Waals surface area (Å²) in [5, 5.41) is 8.45. The van der Waals surface area contributed by atoms with Crippen LogP contribution in [0.5, 0.6) is 0 Å². The van der Waals surface area contributed by atoms with E-state index in [1.165, 1.54) is 0 Å². The highest BCUT2D eigenvalue weighted by Gasteiger charge is 1.99. The predicted octanol–water partition coefficient (Wildman–Crippen LogP) is 4.54. The maximum Gasteiger partial charge on any atom is 0.0912 e. The number of rotatable bonds is 4. The molecule has 0 bridgehead atoms. The molecular formula is C14H14N2OS. The Labute approximate surface area is 112 Å². The minimum absolute atomic E-state index is 0.530. The average Bonchev–Trinajstić information content (AvgIpc) is 2.38. The molecule has 0 aliphatic rings. The Balaban J connectivity index is 2.23. The highest BCUT2D eigenvalue weighted by atomic mass is 32.1. The third-order valence-corrected chi connectivity index (χ3v) is 2.67. The summed E-state index contributed by atoms with van der Waals surface area (Å²) in [4.78, 5) is 0.872. The van der Waals surface area contributed by atoms with Gasteiger partial charge in [-0.15, -0.1) is 12.6 Å². The number of azo groups is 1. The van der Waals surface area contributed by atoms with E-state index in [9.17, 15) is 0 Å². The highest BCUT2D eigenvalue weighted by Crippen LogP contribution is 2.23. The van der Waals surface area contributed by atoms with Gasteiger partial charge in [-0.2, -0.15) is 10.2 Å². The fraction of sp³-hybridized carbons (Fsp3) is 0.143. The molecule has 0 aliphatic heterocycles. The number of thiol groups is 1. The number of hydrogen-bond donors (Lipinski definition) is 1. The van der Waals surface area contributed by atoms with Gasteiger partial charge in [0.05, 0.1) is 18.0 Å². The molecule has 0 radical (unpaired) electrons. The van der Waals surface area contributed by atoms with Crippen LogP contribution in [0.2, 0.25) is 0 Å². The van der Waals surface area contributed by atoms with Gasteiger partial charge >= 0.3 is 0 Å². The fourth-order valence-electron chi connectivity index (χ4n) is 1.55. The normalized spacial score (nSPS) is 11.0. The zero-order valence-electron chi connectivity index (χ0n) is 10.1. The quantitative estimate of drug-likeness (QED) is 0.634. The second kappa shape index (κ2) is 6.33. The first-order valence-electron chi connectivity index (χ1n) is 5.57. The van der Waals surface area contributed by atoms with Crippen LogP contribution >= 0.6 is 12.6 Å². The molecule has 0 saturated carbocycles. The summed E-state index contributed by atoms with van der Waals surface area (Å²) < 4.78 is 5.13. The SMILES string of the molecule is COCc1ccccc1N=Nc1cccc(S)c1. The maximum absolute atomic E-state index is 5.13. The summed E-state index contributed by atoms with van der Waals surface area (Å²) in [6.45, 7) is 0.530. The van der Waals surface area contributed by atoms with E-state index in [1.54, 1.807) is 7.11 Å². The lowest BCUT2D eigenvalue weighted by atomic mass is 10.2. The molecule has 2 rings (SSSR count). The Morgan fingerprint density at radius 3 is 2.67 bits per heavy atom. The molecule has 0 saturated heterocycles. The van der Waals surface area contributed by atoms with E-state index in [1.807, 2.05) is 48.5 Å². The lowest BCUT2D eigenvalue weighted by Gasteiger charge is -2.02. The van der Waals surface area contributed by atoms with Gasteiger partial charge in [-0.05, 0) is 24.3 Å². The summed E-state index contributed by atoms with van der Waals surface area (Å²) in [5.74, 6) is 0. The van der Waals surface area contributed by atoms with Crippen LogP contribution in [0.25, 0.3) is 0 Å². The van der Waals surface area contributed by atoms with Crippen LogP contribution in [0.1, 0.15) is 5.56 Å². The summed E-state index contributed by atoms with van der Waals surface area (Å²) in [6.07, 6.45) is 0. The first-order valence-corrected chi connectivity index (χ1v) is 6.02. The maximum atomic E-state index is 5.13. The van der Waals surface area contributed by atoms with Gasteiger partial charge in [-0.25, -0.2) is 0 Å². The molecular weight excluding hydrogens is 244 g/mol. The molecule has 2 aromatic rings. The molecule has 0 aliphatic carbocycles. The van der Waals surface area contributed by atoms with Crippen LogP contribution < -0.4 is 0 Å². The van der Waals surface area contributed by atoms with Crippen LogP contribution in [0.4, 0.5) is 11.4 Å². The summed E-state index contributed by atoms with van der Waals surface area (Å²) >= 11 is 4.27. The van der Waals surface area contributed by atoms with Crippen LogP contribution in [0.3, 0.4) is 0 Å². The van der Waals surface area contributed by atoms with Gasteiger partial charge in [0.25, 0.3) is 0 Å². The van der Waals surface area contributed by atoms with E-state index in [2.05, 4.69) is 22.9 Å². The first-order chi connectivity index (χ1) is 8.79. The van der Waals surface area contributed by atoms with Crippen molar-refractivity contribution in [3.8, 4) is 0 Å². The van der Waals surface area contributed by atoms with Crippen molar-refractivity contribution in [3.05, 3.63) is 54.1 Å². The van der Waals surface area contributed by atoms with Crippen molar-refractivity contribution in [1.82, 2.24) is 0 Å². The molecule has 4 heteroatoms. The van der Waals surface area contributed by atoms with Gasteiger partial charge < -0.3 is 4.74 Å². The first kappa shape index (κ1) is 12.8. The molecule has 0 fully saturated rings. The van der Waals surface area contributed by atoms with Crippen molar-refractivity contribution in [2.45, 2.75) is 11.5 Å².